The molecular formula is C62H38N4. The van der Waals surface area contributed by atoms with Crippen molar-refractivity contribution in [3.05, 3.63) is 248 Å². The van der Waals surface area contributed by atoms with Crippen LogP contribution in [-0.2, 0) is 0 Å². The maximum Gasteiger partial charge on any atom is 0.235 e. The Hall–Kier alpha value is -9.22. The molecule has 2 aromatic heterocycles. The quantitative estimate of drug-likeness (QED) is 0.147. The summed E-state index contributed by atoms with van der Waals surface area (Å²) in [5.41, 5.74) is 16.2. The predicted molar refractivity (Wildman–Crippen MR) is 273 cm³/mol. The highest BCUT2D eigenvalue weighted by Crippen LogP contribution is 2.48. The van der Waals surface area contributed by atoms with Gasteiger partial charge in [-0.05, 0) is 92.5 Å². The summed E-state index contributed by atoms with van der Waals surface area (Å²) in [5.74, 6) is 0. The predicted octanol–water partition coefficient (Wildman–Crippen LogP) is 16.6. The average molecular weight is 839 g/mol. The lowest BCUT2D eigenvalue weighted by Crippen LogP contribution is -2.05. The molecule has 0 N–H and O–H groups in total. The van der Waals surface area contributed by atoms with Crippen LogP contribution < -0.4 is 0 Å². The Morgan fingerprint density at radius 3 is 1.12 bits per heavy atom. The van der Waals surface area contributed by atoms with Gasteiger partial charge in [-0.25, -0.2) is 4.85 Å². The first kappa shape index (κ1) is 38.5. The molecule has 2 heterocycles. The van der Waals surface area contributed by atoms with Gasteiger partial charge in [-0.15, -0.1) is 0 Å². The van der Waals surface area contributed by atoms with Crippen LogP contribution in [0.1, 0.15) is 5.56 Å². The fourth-order valence-corrected chi connectivity index (χ4v) is 9.88. The summed E-state index contributed by atoms with van der Waals surface area (Å²) in [7, 11) is 0. The summed E-state index contributed by atoms with van der Waals surface area (Å²) in [6.07, 6.45) is 0. The van der Waals surface area contributed by atoms with Crippen molar-refractivity contribution in [2.75, 3.05) is 0 Å². The Bertz CT molecular complexity index is 3720. The number of hydrogen-bond acceptors (Lipinski definition) is 1. The highest BCUT2D eigenvalue weighted by Gasteiger charge is 2.27. The number of nitriles is 1. The van der Waals surface area contributed by atoms with Crippen LogP contribution in [0.15, 0.2) is 231 Å². The first-order valence-electron chi connectivity index (χ1n) is 22.1. The molecule has 0 radical (unpaired) electrons. The molecule has 0 fully saturated rings. The largest absolute Gasteiger partial charge is 0.319 e. The van der Waals surface area contributed by atoms with Crippen LogP contribution >= 0.6 is 0 Å². The number of benzene rings is 10. The van der Waals surface area contributed by atoms with Crippen molar-refractivity contribution in [2.45, 2.75) is 0 Å². The Balaban J connectivity index is 1.24. The first-order chi connectivity index (χ1) is 32.7. The molecular weight excluding hydrogens is 801 g/mol. The van der Waals surface area contributed by atoms with E-state index < -0.39 is 0 Å². The molecule has 4 heteroatoms. The van der Waals surface area contributed by atoms with E-state index in [1.165, 1.54) is 0 Å². The zero-order chi connectivity index (χ0) is 44.1. The highest BCUT2D eigenvalue weighted by molar-refractivity contribution is 6.14. The molecule has 0 aliphatic carbocycles. The zero-order valence-electron chi connectivity index (χ0n) is 35.7. The van der Waals surface area contributed by atoms with Gasteiger partial charge in [-0.3, -0.25) is 0 Å². The van der Waals surface area contributed by atoms with Gasteiger partial charge in [0.05, 0.1) is 45.6 Å². The standard InChI is InChI=1S/C62H38N4/c1-64-61-60(65-58-37-48(43-21-11-4-12-22-43)27-31-50(58)51-32-28-49(38-59(51)65)44-23-13-5-14-24-44)39-52(45-25-15-6-16-26-45)55(40-63)62(61)66-56-33-29-46(41-17-7-2-8-18-41)35-53(56)54-36-47(30-34-57(54)66)42-19-9-3-10-20-42/h2-39H. The molecule has 0 atom stereocenters. The lowest BCUT2D eigenvalue weighted by atomic mass is 9.96. The van der Waals surface area contributed by atoms with Gasteiger partial charge >= 0.3 is 0 Å². The van der Waals surface area contributed by atoms with E-state index >= 15 is 0 Å². The van der Waals surface area contributed by atoms with Crippen molar-refractivity contribution >= 4 is 49.3 Å². The van der Waals surface area contributed by atoms with Crippen LogP contribution in [0.3, 0.4) is 0 Å². The average Bonchev–Trinajstić information content (AvgIpc) is 3.90. The molecule has 66 heavy (non-hydrogen) atoms. The summed E-state index contributed by atoms with van der Waals surface area (Å²) >= 11 is 0. The lowest BCUT2D eigenvalue weighted by molar-refractivity contribution is 1.14. The Morgan fingerprint density at radius 2 is 0.727 bits per heavy atom. The molecule has 0 saturated heterocycles. The Labute approximate surface area is 382 Å². The van der Waals surface area contributed by atoms with Gasteiger partial charge in [-0.1, -0.05) is 188 Å². The van der Waals surface area contributed by atoms with E-state index in [2.05, 4.69) is 208 Å². The van der Waals surface area contributed by atoms with E-state index in [1.54, 1.807) is 0 Å². The van der Waals surface area contributed by atoms with Gasteiger partial charge in [0.25, 0.3) is 0 Å². The van der Waals surface area contributed by atoms with Crippen molar-refractivity contribution in [3.8, 4) is 73.1 Å². The second-order valence-corrected chi connectivity index (χ2v) is 16.7. The summed E-state index contributed by atoms with van der Waals surface area (Å²) < 4.78 is 4.44. The molecule has 0 saturated carbocycles. The molecule has 0 aliphatic heterocycles. The molecule has 12 rings (SSSR count). The number of aromatic nitrogens is 2. The first-order valence-corrected chi connectivity index (χ1v) is 22.1. The minimum absolute atomic E-state index is 0.387. The Morgan fingerprint density at radius 1 is 0.348 bits per heavy atom. The maximum absolute atomic E-state index is 11.5. The second kappa shape index (κ2) is 15.8. The van der Waals surface area contributed by atoms with Crippen molar-refractivity contribution in [3.63, 3.8) is 0 Å². The third kappa shape index (κ3) is 6.28. The van der Waals surface area contributed by atoms with Crippen molar-refractivity contribution < 1.29 is 0 Å². The van der Waals surface area contributed by atoms with Gasteiger partial charge < -0.3 is 9.13 Å². The van der Waals surface area contributed by atoms with Crippen molar-refractivity contribution in [1.82, 2.24) is 9.13 Å². The zero-order valence-corrected chi connectivity index (χ0v) is 35.7. The molecule has 306 valence electrons. The highest BCUT2D eigenvalue weighted by atomic mass is 15.1. The van der Waals surface area contributed by atoms with Crippen LogP contribution in [0.2, 0.25) is 0 Å². The normalized spacial score (nSPS) is 11.3. The van der Waals surface area contributed by atoms with E-state index in [0.717, 1.165) is 99.2 Å². The van der Waals surface area contributed by atoms with Crippen molar-refractivity contribution in [2.24, 2.45) is 0 Å². The summed E-state index contributed by atoms with van der Waals surface area (Å²) in [6, 6.07) is 83.0. The van der Waals surface area contributed by atoms with Gasteiger partial charge in [0.2, 0.25) is 5.69 Å². The topological polar surface area (TPSA) is 38.0 Å². The van der Waals surface area contributed by atoms with Crippen LogP contribution in [0, 0.1) is 17.9 Å². The minimum Gasteiger partial charge on any atom is -0.319 e. The smallest absolute Gasteiger partial charge is 0.235 e. The maximum atomic E-state index is 11.5. The van der Waals surface area contributed by atoms with E-state index in [-0.39, 0.29) is 0 Å². The van der Waals surface area contributed by atoms with E-state index in [4.69, 9.17) is 0 Å². The van der Waals surface area contributed by atoms with E-state index in [0.29, 0.717) is 22.6 Å². The summed E-state index contributed by atoms with van der Waals surface area (Å²) in [4.78, 5) is 4.50. The van der Waals surface area contributed by atoms with Gasteiger partial charge in [-0.2, -0.15) is 5.26 Å². The summed E-state index contributed by atoms with van der Waals surface area (Å²) in [6.45, 7) is 9.24. The third-order valence-electron chi connectivity index (χ3n) is 13.0. The Kier molecular flexibility index (Phi) is 9.23. The fourth-order valence-electron chi connectivity index (χ4n) is 9.88. The second-order valence-electron chi connectivity index (χ2n) is 16.7. The SMILES string of the molecule is [C-]#[N+]c1c(-n2c3cc(-c4ccccc4)ccc3c3ccc(-c4ccccc4)cc32)cc(-c2ccccc2)c(C#N)c1-n1c2ccc(-c3ccccc3)cc2c2cc(-c3ccccc3)ccc21. The van der Waals surface area contributed by atoms with Crippen molar-refractivity contribution in [1.29, 1.82) is 5.26 Å². The molecule has 0 aliphatic rings. The molecule has 0 amide bonds. The number of nitrogens with zero attached hydrogens (tertiary/aromatic N) is 4. The van der Waals surface area contributed by atoms with Crippen LogP contribution in [0.5, 0.6) is 0 Å². The molecule has 12 aromatic rings. The summed E-state index contributed by atoms with van der Waals surface area (Å²) in [5, 5.41) is 15.7. The van der Waals surface area contributed by atoms with Crippen LogP contribution in [0.25, 0.3) is 115 Å². The van der Waals surface area contributed by atoms with E-state index in [1.807, 2.05) is 42.5 Å². The molecule has 10 aromatic carbocycles. The van der Waals surface area contributed by atoms with Gasteiger partial charge in [0.15, 0.2) is 0 Å². The lowest BCUT2D eigenvalue weighted by Gasteiger charge is -2.21. The number of hydrogen-bond donors (Lipinski definition) is 0. The number of fused-ring (bicyclic) bond motifs is 6. The monoisotopic (exact) mass is 838 g/mol. The molecule has 0 unspecified atom stereocenters. The van der Waals surface area contributed by atoms with Gasteiger partial charge in [0, 0.05) is 27.1 Å². The van der Waals surface area contributed by atoms with Crippen LogP contribution in [-0.4, -0.2) is 9.13 Å². The number of rotatable bonds is 7. The van der Waals surface area contributed by atoms with Gasteiger partial charge in [0.1, 0.15) is 6.07 Å². The molecule has 4 nitrogen and oxygen atoms in total. The fraction of sp³-hybridized carbons (Fsp3) is 0. The van der Waals surface area contributed by atoms with E-state index in [9.17, 15) is 11.8 Å². The molecule has 0 spiro atoms. The minimum atomic E-state index is 0.387. The van der Waals surface area contributed by atoms with Crippen LogP contribution in [0.4, 0.5) is 5.69 Å². The third-order valence-corrected chi connectivity index (χ3v) is 13.0. The molecule has 0 bridgehead atoms.